The number of carbonyl (C=O) groups excluding carboxylic acids is 3. The minimum atomic E-state index is -2.19. The van der Waals surface area contributed by atoms with Gasteiger partial charge < -0.3 is 21.5 Å². The van der Waals surface area contributed by atoms with E-state index < -0.39 is 23.6 Å². The molecule has 22 heavy (non-hydrogen) atoms. The Labute approximate surface area is 131 Å². The molecule has 0 aliphatic carbocycles. The lowest BCUT2D eigenvalue weighted by Crippen LogP contribution is -2.62. The first-order valence-corrected chi connectivity index (χ1v) is 8.02. The zero-order valence-corrected chi connectivity index (χ0v) is 13.2. The van der Waals surface area contributed by atoms with E-state index in [4.69, 9.17) is 5.73 Å². The van der Waals surface area contributed by atoms with Crippen molar-refractivity contribution in [1.82, 2.24) is 10.6 Å². The van der Waals surface area contributed by atoms with Crippen LogP contribution < -0.4 is 16.4 Å². The standard InChI is InChI=1S/C15H27N3O4/c1-2-3-4-5-6-7-8-9-12(19)17-11-10-13(20)18-15(11,22)14(16)21/h11,22H,2-10H2,1H3,(H2,16,21)(H,17,19)(H,18,20)/t11-,15?/m1/s1. The second-order valence-electron chi connectivity index (χ2n) is 5.87. The van der Waals surface area contributed by atoms with Crippen molar-refractivity contribution in [2.45, 2.75) is 76.5 Å². The number of unbranched alkanes of at least 4 members (excludes halogenated alkanes) is 6. The highest BCUT2D eigenvalue weighted by Gasteiger charge is 2.50. The van der Waals surface area contributed by atoms with Crippen LogP contribution in [0.1, 0.15) is 64.7 Å². The normalized spacial score (nSPS) is 24.1. The van der Waals surface area contributed by atoms with Gasteiger partial charge in [-0.2, -0.15) is 0 Å². The van der Waals surface area contributed by atoms with Gasteiger partial charge in [-0.3, -0.25) is 14.4 Å². The molecule has 3 amide bonds. The number of rotatable bonds is 10. The van der Waals surface area contributed by atoms with Crippen molar-refractivity contribution in [1.29, 1.82) is 0 Å². The van der Waals surface area contributed by atoms with E-state index in [-0.39, 0.29) is 12.3 Å². The molecule has 0 bridgehead atoms. The van der Waals surface area contributed by atoms with Gasteiger partial charge in [0.2, 0.25) is 17.5 Å². The predicted molar refractivity (Wildman–Crippen MR) is 81.4 cm³/mol. The molecule has 0 radical (unpaired) electrons. The van der Waals surface area contributed by atoms with E-state index in [9.17, 15) is 19.5 Å². The van der Waals surface area contributed by atoms with Crippen molar-refractivity contribution < 1.29 is 19.5 Å². The molecule has 2 atom stereocenters. The van der Waals surface area contributed by atoms with Gasteiger partial charge in [0.15, 0.2) is 0 Å². The summed E-state index contributed by atoms with van der Waals surface area (Å²) in [6.07, 6.45) is 7.84. The molecular weight excluding hydrogens is 286 g/mol. The first-order valence-electron chi connectivity index (χ1n) is 8.02. The fraction of sp³-hybridized carbons (Fsp3) is 0.800. The number of carbonyl (C=O) groups is 3. The SMILES string of the molecule is CCCCCCCCCC(=O)N[C@@H]1CC(=O)NC1(O)C(N)=O. The summed E-state index contributed by atoms with van der Waals surface area (Å²) in [6, 6.07) is -1.01. The summed E-state index contributed by atoms with van der Waals surface area (Å²) in [5.74, 6) is -1.86. The molecule has 7 heteroatoms. The molecular formula is C15H27N3O4. The molecule has 0 spiro atoms. The summed E-state index contributed by atoms with van der Waals surface area (Å²) in [5, 5.41) is 14.6. The van der Waals surface area contributed by atoms with Gasteiger partial charge in [-0.1, -0.05) is 45.4 Å². The van der Waals surface area contributed by atoms with Crippen LogP contribution in [0.4, 0.5) is 0 Å². The van der Waals surface area contributed by atoms with Crippen LogP contribution in [0.25, 0.3) is 0 Å². The Hall–Kier alpha value is -1.63. The van der Waals surface area contributed by atoms with Crippen LogP contribution in [-0.2, 0) is 14.4 Å². The maximum Gasteiger partial charge on any atom is 0.272 e. The quantitative estimate of drug-likeness (QED) is 0.433. The summed E-state index contributed by atoms with van der Waals surface area (Å²) in [7, 11) is 0. The third kappa shape index (κ3) is 5.29. The Bertz CT molecular complexity index is 414. The fourth-order valence-electron chi connectivity index (χ4n) is 2.58. The molecule has 1 heterocycles. The molecule has 0 aromatic rings. The van der Waals surface area contributed by atoms with Crippen LogP contribution in [0.2, 0.25) is 0 Å². The lowest BCUT2D eigenvalue weighted by atomic mass is 10.0. The van der Waals surface area contributed by atoms with Gasteiger partial charge in [0.05, 0.1) is 12.5 Å². The van der Waals surface area contributed by atoms with Crippen molar-refractivity contribution in [3.05, 3.63) is 0 Å². The molecule has 1 rings (SSSR count). The smallest absolute Gasteiger partial charge is 0.272 e. The van der Waals surface area contributed by atoms with Crippen LogP contribution >= 0.6 is 0 Å². The van der Waals surface area contributed by atoms with Gasteiger partial charge in [-0.05, 0) is 6.42 Å². The number of hydrogen-bond acceptors (Lipinski definition) is 4. The van der Waals surface area contributed by atoms with Gasteiger partial charge in [-0.15, -0.1) is 0 Å². The highest BCUT2D eigenvalue weighted by molar-refractivity contribution is 5.94. The van der Waals surface area contributed by atoms with E-state index in [1.807, 2.05) is 0 Å². The Morgan fingerprint density at radius 1 is 1.27 bits per heavy atom. The third-order valence-electron chi connectivity index (χ3n) is 3.94. The highest BCUT2D eigenvalue weighted by Crippen LogP contribution is 2.18. The molecule has 7 nitrogen and oxygen atoms in total. The van der Waals surface area contributed by atoms with Gasteiger partial charge >= 0.3 is 0 Å². The third-order valence-corrected chi connectivity index (χ3v) is 3.94. The molecule has 1 fully saturated rings. The average Bonchev–Trinajstić information content (AvgIpc) is 2.73. The summed E-state index contributed by atoms with van der Waals surface area (Å²) >= 11 is 0. The number of hydrogen-bond donors (Lipinski definition) is 4. The second-order valence-corrected chi connectivity index (χ2v) is 5.87. The van der Waals surface area contributed by atoms with E-state index in [2.05, 4.69) is 17.6 Å². The molecule has 0 saturated carbocycles. The van der Waals surface area contributed by atoms with Crippen LogP contribution in [0, 0.1) is 0 Å². The van der Waals surface area contributed by atoms with Crippen LogP contribution in [0.15, 0.2) is 0 Å². The molecule has 5 N–H and O–H groups in total. The molecule has 1 aliphatic heterocycles. The van der Waals surface area contributed by atoms with E-state index >= 15 is 0 Å². The fourth-order valence-corrected chi connectivity index (χ4v) is 2.58. The second kappa shape index (κ2) is 8.73. The van der Waals surface area contributed by atoms with Crippen molar-refractivity contribution in [3.8, 4) is 0 Å². The van der Waals surface area contributed by atoms with Crippen molar-refractivity contribution in [2.24, 2.45) is 5.73 Å². The van der Waals surface area contributed by atoms with Crippen LogP contribution in [0.5, 0.6) is 0 Å². The van der Waals surface area contributed by atoms with E-state index in [1.54, 1.807) is 0 Å². The number of amides is 3. The van der Waals surface area contributed by atoms with Crippen LogP contribution in [-0.4, -0.2) is 34.6 Å². The number of aliphatic hydroxyl groups is 1. The Morgan fingerprint density at radius 2 is 1.86 bits per heavy atom. The van der Waals surface area contributed by atoms with Gasteiger partial charge in [0.25, 0.3) is 5.91 Å². The maximum atomic E-state index is 11.8. The van der Waals surface area contributed by atoms with E-state index in [0.717, 1.165) is 19.3 Å². The minimum Gasteiger partial charge on any atom is -0.365 e. The van der Waals surface area contributed by atoms with Gasteiger partial charge in [0, 0.05) is 6.42 Å². The summed E-state index contributed by atoms with van der Waals surface area (Å²) in [4.78, 5) is 34.4. The van der Waals surface area contributed by atoms with E-state index in [1.165, 1.54) is 25.7 Å². The number of nitrogens with two attached hydrogens (primary N) is 1. The van der Waals surface area contributed by atoms with Crippen molar-refractivity contribution >= 4 is 17.7 Å². The monoisotopic (exact) mass is 313 g/mol. The molecule has 1 aliphatic rings. The van der Waals surface area contributed by atoms with Crippen molar-refractivity contribution in [3.63, 3.8) is 0 Å². The van der Waals surface area contributed by atoms with Crippen LogP contribution in [0.3, 0.4) is 0 Å². The average molecular weight is 313 g/mol. The molecule has 126 valence electrons. The molecule has 1 saturated heterocycles. The Morgan fingerprint density at radius 3 is 2.45 bits per heavy atom. The van der Waals surface area contributed by atoms with Gasteiger partial charge in [0.1, 0.15) is 0 Å². The Kier molecular flexibility index (Phi) is 7.31. The summed E-state index contributed by atoms with van der Waals surface area (Å²) in [6.45, 7) is 2.17. The zero-order chi connectivity index (χ0) is 16.6. The Balaban J connectivity index is 2.27. The first kappa shape index (κ1) is 18.4. The summed E-state index contributed by atoms with van der Waals surface area (Å²) < 4.78 is 0. The highest BCUT2D eigenvalue weighted by atomic mass is 16.3. The number of primary amides is 1. The first-order chi connectivity index (χ1) is 10.4. The largest absolute Gasteiger partial charge is 0.365 e. The maximum absolute atomic E-state index is 11.8. The van der Waals surface area contributed by atoms with E-state index in [0.29, 0.717) is 6.42 Å². The topological polar surface area (TPSA) is 122 Å². The molecule has 1 unspecified atom stereocenters. The lowest BCUT2D eigenvalue weighted by Gasteiger charge is -2.26. The van der Waals surface area contributed by atoms with Gasteiger partial charge in [-0.25, -0.2) is 0 Å². The number of nitrogens with one attached hydrogen (secondary N) is 2. The van der Waals surface area contributed by atoms with Crippen molar-refractivity contribution in [2.75, 3.05) is 0 Å². The molecule has 0 aromatic carbocycles. The predicted octanol–water partition coefficient (Wildman–Crippen LogP) is 0.306. The molecule has 0 aromatic heterocycles. The zero-order valence-electron chi connectivity index (χ0n) is 13.2. The summed E-state index contributed by atoms with van der Waals surface area (Å²) in [5.41, 5.74) is 2.90. The minimum absolute atomic E-state index is 0.151. The lowest BCUT2D eigenvalue weighted by molar-refractivity contribution is -0.144.